The van der Waals surface area contributed by atoms with Gasteiger partial charge in [-0.1, -0.05) is 0 Å². The van der Waals surface area contributed by atoms with Crippen LogP contribution in [0.2, 0.25) is 0 Å². The van der Waals surface area contributed by atoms with Crippen LogP contribution in [0.4, 0.5) is 0 Å². The molecule has 0 amide bonds. The van der Waals surface area contributed by atoms with Gasteiger partial charge in [0.15, 0.2) is 5.96 Å². The van der Waals surface area contributed by atoms with Crippen LogP contribution in [0.25, 0.3) is 0 Å². The maximum absolute atomic E-state index is 5.14. The molecule has 2 aromatic heterocycles. The number of guanidine groups is 1. The third-order valence-electron chi connectivity index (χ3n) is 4.14. The molecule has 2 heterocycles. The average Bonchev–Trinajstić information content (AvgIpc) is 3.12. The van der Waals surface area contributed by atoms with Gasteiger partial charge in [-0.25, -0.2) is 4.99 Å². The van der Waals surface area contributed by atoms with Gasteiger partial charge in [0.25, 0.3) is 0 Å². The number of aryl methyl sites for hydroxylation is 2. The zero-order valence-electron chi connectivity index (χ0n) is 16.2. The van der Waals surface area contributed by atoms with Crippen molar-refractivity contribution in [3.05, 3.63) is 34.9 Å². The Labute approximate surface area is 172 Å². The number of nitrogens with one attached hydrogen (secondary N) is 2. The molecule has 146 valence electrons. The molecule has 0 aliphatic carbocycles. The molecule has 0 radical (unpaired) electrons. The maximum atomic E-state index is 5.14. The highest BCUT2D eigenvalue weighted by atomic mass is 127. The summed E-state index contributed by atoms with van der Waals surface area (Å²) in [5.41, 5.74) is 4.42. The van der Waals surface area contributed by atoms with E-state index < -0.39 is 0 Å². The van der Waals surface area contributed by atoms with Crippen molar-refractivity contribution in [2.75, 3.05) is 20.3 Å². The standard InChI is InChI=1S/C17H29N7O.HI/c1-6-18-17(19-11-15-7-8-21-23(15)4)20-12-16-13(2)22-24(14(16)3)9-10-25-5;/h7-8H,6,9-12H2,1-5H3,(H2,18,19,20);1H. The lowest BCUT2D eigenvalue weighted by Gasteiger charge is -2.11. The first-order chi connectivity index (χ1) is 12.1. The van der Waals surface area contributed by atoms with E-state index in [-0.39, 0.29) is 24.0 Å². The largest absolute Gasteiger partial charge is 0.383 e. The number of methoxy groups -OCH3 is 1. The highest BCUT2D eigenvalue weighted by Crippen LogP contribution is 2.14. The van der Waals surface area contributed by atoms with E-state index >= 15 is 0 Å². The molecular weight excluding hydrogens is 445 g/mol. The van der Waals surface area contributed by atoms with Gasteiger partial charge in [-0.2, -0.15) is 10.2 Å². The van der Waals surface area contributed by atoms with Crippen molar-refractivity contribution >= 4 is 29.9 Å². The topological polar surface area (TPSA) is 81.3 Å². The Balaban J connectivity index is 0.00000338. The van der Waals surface area contributed by atoms with Crippen molar-refractivity contribution in [3.8, 4) is 0 Å². The molecule has 26 heavy (non-hydrogen) atoms. The number of hydrogen-bond donors (Lipinski definition) is 2. The van der Waals surface area contributed by atoms with Gasteiger partial charge in [0.05, 0.1) is 37.6 Å². The predicted molar refractivity (Wildman–Crippen MR) is 114 cm³/mol. The fourth-order valence-corrected chi connectivity index (χ4v) is 2.61. The second-order valence-corrected chi connectivity index (χ2v) is 5.86. The smallest absolute Gasteiger partial charge is 0.191 e. The Morgan fingerprint density at radius 3 is 2.69 bits per heavy atom. The second kappa shape index (κ2) is 11.2. The number of halogens is 1. The molecule has 0 saturated heterocycles. The number of aliphatic imine (C=N–C) groups is 1. The van der Waals surface area contributed by atoms with E-state index in [0.29, 0.717) is 19.7 Å². The lowest BCUT2D eigenvalue weighted by molar-refractivity contribution is 0.182. The van der Waals surface area contributed by atoms with Crippen LogP contribution < -0.4 is 10.6 Å². The lowest BCUT2D eigenvalue weighted by atomic mass is 10.2. The van der Waals surface area contributed by atoms with Crippen LogP contribution in [0.3, 0.4) is 0 Å². The normalized spacial score (nSPS) is 11.3. The van der Waals surface area contributed by atoms with Crippen LogP contribution in [0, 0.1) is 13.8 Å². The first-order valence-corrected chi connectivity index (χ1v) is 8.57. The molecule has 2 N–H and O–H groups in total. The number of ether oxygens (including phenoxy) is 1. The number of rotatable bonds is 8. The van der Waals surface area contributed by atoms with Crippen LogP contribution in [-0.4, -0.2) is 45.8 Å². The minimum absolute atomic E-state index is 0. The quantitative estimate of drug-likeness (QED) is 0.346. The molecule has 2 aromatic rings. The monoisotopic (exact) mass is 475 g/mol. The summed E-state index contributed by atoms with van der Waals surface area (Å²) in [6.45, 7) is 9.64. The third kappa shape index (κ3) is 5.97. The molecule has 0 atom stereocenters. The highest BCUT2D eigenvalue weighted by molar-refractivity contribution is 14.0. The first kappa shape index (κ1) is 22.4. The highest BCUT2D eigenvalue weighted by Gasteiger charge is 2.11. The molecule has 0 bridgehead atoms. The lowest BCUT2D eigenvalue weighted by Crippen LogP contribution is -2.37. The van der Waals surface area contributed by atoms with Gasteiger partial charge in [0, 0.05) is 38.2 Å². The van der Waals surface area contributed by atoms with Crippen LogP contribution in [-0.2, 0) is 31.4 Å². The summed E-state index contributed by atoms with van der Waals surface area (Å²) >= 11 is 0. The van der Waals surface area contributed by atoms with E-state index in [2.05, 4.69) is 34.7 Å². The summed E-state index contributed by atoms with van der Waals surface area (Å²) in [4.78, 5) is 4.71. The Morgan fingerprint density at radius 2 is 2.08 bits per heavy atom. The molecule has 0 unspecified atom stereocenters. The molecule has 0 aromatic carbocycles. The van der Waals surface area contributed by atoms with Crippen molar-refractivity contribution < 1.29 is 4.74 Å². The molecule has 0 fully saturated rings. The van der Waals surface area contributed by atoms with E-state index in [0.717, 1.165) is 41.7 Å². The van der Waals surface area contributed by atoms with E-state index in [4.69, 9.17) is 9.73 Å². The summed E-state index contributed by atoms with van der Waals surface area (Å²) in [7, 11) is 3.63. The zero-order chi connectivity index (χ0) is 18.2. The minimum atomic E-state index is 0. The Morgan fingerprint density at radius 1 is 1.31 bits per heavy atom. The summed E-state index contributed by atoms with van der Waals surface area (Å²) in [6.07, 6.45) is 1.79. The van der Waals surface area contributed by atoms with Gasteiger partial charge in [0.1, 0.15) is 0 Å². The van der Waals surface area contributed by atoms with Gasteiger partial charge < -0.3 is 15.4 Å². The fraction of sp³-hybridized carbons (Fsp3) is 0.588. The average molecular weight is 475 g/mol. The van der Waals surface area contributed by atoms with Crippen molar-refractivity contribution in [2.24, 2.45) is 12.0 Å². The molecule has 9 heteroatoms. The Kier molecular flexibility index (Phi) is 9.63. The number of nitrogens with zero attached hydrogens (tertiary/aromatic N) is 5. The summed E-state index contributed by atoms with van der Waals surface area (Å²) in [5.74, 6) is 0.784. The van der Waals surface area contributed by atoms with Crippen LogP contribution in [0.5, 0.6) is 0 Å². The van der Waals surface area contributed by atoms with E-state index in [1.54, 1.807) is 13.3 Å². The number of hydrogen-bond acceptors (Lipinski definition) is 4. The summed E-state index contributed by atoms with van der Waals surface area (Å²) in [6, 6.07) is 1.99. The van der Waals surface area contributed by atoms with Crippen LogP contribution >= 0.6 is 24.0 Å². The maximum Gasteiger partial charge on any atom is 0.191 e. The molecule has 0 aliphatic heterocycles. The van der Waals surface area contributed by atoms with Gasteiger partial charge >= 0.3 is 0 Å². The van der Waals surface area contributed by atoms with Gasteiger partial charge in [-0.15, -0.1) is 24.0 Å². The van der Waals surface area contributed by atoms with E-state index in [1.165, 1.54) is 0 Å². The zero-order valence-corrected chi connectivity index (χ0v) is 18.6. The van der Waals surface area contributed by atoms with Gasteiger partial charge in [-0.05, 0) is 26.8 Å². The van der Waals surface area contributed by atoms with Crippen molar-refractivity contribution in [3.63, 3.8) is 0 Å². The summed E-state index contributed by atoms with van der Waals surface area (Å²) < 4.78 is 8.98. The second-order valence-electron chi connectivity index (χ2n) is 5.86. The Bertz CT molecular complexity index is 708. The molecule has 2 rings (SSSR count). The van der Waals surface area contributed by atoms with Gasteiger partial charge in [-0.3, -0.25) is 9.36 Å². The first-order valence-electron chi connectivity index (χ1n) is 8.57. The predicted octanol–water partition coefficient (Wildman–Crippen LogP) is 1.75. The van der Waals surface area contributed by atoms with Crippen LogP contribution in [0.1, 0.15) is 29.6 Å². The fourth-order valence-electron chi connectivity index (χ4n) is 2.61. The minimum Gasteiger partial charge on any atom is -0.383 e. The molecule has 8 nitrogen and oxygen atoms in total. The SMILES string of the molecule is CCNC(=NCc1c(C)nn(CCOC)c1C)NCc1ccnn1C.I. The van der Waals surface area contributed by atoms with E-state index in [9.17, 15) is 0 Å². The van der Waals surface area contributed by atoms with Crippen LogP contribution in [0.15, 0.2) is 17.3 Å². The number of aromatic nitrogens is 4. The van der Waals surface area contributed by atoms with E-state index in [1.807, 2.05) is 29.4 Å². The molecule has 0 spiro atoms. The van der Waals surface area contributed by atoms with Crippen molar-refractivity contribution in [2.45, 2.75) is 40.4 Å². The van der Waals surface area contributed by atoms with Crippen molar-refractivity contribution in [1.82, 2.24) is 30.2 Å². The molecular formula is C17H30IN7O. The van der Waals surface area contributed by atoms with Gasteiger partial charge in [0.2, 0.25) is 0 Å². The molecule has 0 saturated carbocycles. The molecule has 0 aliphatic rings. The third-order valence-corrected chi connectivity index (χ3v) is 4.14. The van der Waals surface area contributed by atoms with Crippen molar-refractivity contribution in [1.29, 1.82) is 0 Å². The summed E-state index contributed by atoms with van der Waals surface area (Å²) in [5, 5.41) is 15.4. The Hall–Kier alpha value is -1.62.